The average Bonchev–Trinajstić information content (AvgIpc) is 2.96. The van der Waals surface area contributed by atoms with Crippen molar-refractivity contribution in [1.29, 1.82) is 0 Å². The molecule has 5 nitrogen and oxygen atoms in total. The number of nitrogens with one attached hydrogen (secondary N) is 1. The van der Waals surface area contributed by atoms with Crippen LogP contribution in [0, 0.1) is 20.8 Å². The Balaban J connectivity index is 2.00. The van der Waals surface area contributed by atoms with E-state index in [2.05, 4.69) is 14.7 Å². The van der Waals surface area contributed by atoms with Crippen molar-refractivity contribution in [2.75, 3.05) is 5.32 Å². The molecule has 0 aliphatic rings. The summed E-state index contributed by atoms with van der Waals surface area (Å²) < 4.78 is 9.68. The molecule has 0 bridgehead atoms. The van der Waals surface area contributed by atoms with Crippen molar-refractivity contribution >= 4 is 45.1 Å². The molecular formula is C14H12ClN3O2S. The Bertz CT molecular complexity index is 853. The van der Waals surface area contributed by atoms with Crippen LogP contribution in [0.1, 0.15) is 27.5 Å². The van der Waals surface area contributed by atoms with E-state index >= 15 is 0 Å². The Hall–Kier alpha value is -1.92. The van der Waals surface area contributed by atoms with E-state index in [1.165, 1.54) is 0 Å². The number of nitrogens with zero attached hydrogens (tertiary/aromatic N) is 2. The number of amides is 1. The number of furan rings is 1. The first-order valence-corrected chi connectivity index (χ1v) is 7.41. The lowest BCUT2D eigenvalue weighted by Gasteiger charge is -1.98. The number of carbonyl (C=O) groups is 1. The number of carbonyl (C=O) groups excluding carboxylic acids is 1. The number of halogens is 1. The molecule has 21 heavy (non-hydrogen) atoms. The van der Waals surface area contributed by atoms with Gasteiger partial charge < -0.3 is 4.42 Å². The fourth-order valence-electron chi connectivity index (χ4n) is 2.06. The topological polar surface area (TPSA) is 68.0 Å². The predicted octanol–water partition coefficient (Wildman–Crippen LogP) is 4.12. The summed E-state index contributed by atoms with van der Waals surface area (Å²) in [5, 5.41) is 4.63. The summed E-state index contributed by atoms with van der Waals surface area (Å²) >= 11 is 7.26. The number of anilines is 1. The summed E-state index contributed by atoms with van der Waals surface area (Å²) in [7, 11) is 0. The van der Waals surface area contributed by atoms with Gasteiger partial charge in [-0.15, -0.1) is 0 Å². The Morgan fingerprint density at radius 2 is 2.10 bits per heavy atom. The van der Waals surface area contributed by atoms with Crippen LogP contribution < -0.4 is 5.32 Å². The zero-order valence-corrected chi connectivity index (χ0v) is 13.2. The highest BCUT2D eigenvalue weighted by Crippen LogP contribution is 2.30. The van der Waals surface area contributed by atoms with Crippen molar-refractivity contribution < 1.29 is 9.21 Å². The van der Waals surface area contributed by atoms with Gasteiger partial charge in [0.2, 0.25) is 5.13 Å². The molecule has 0 fully saturated rings. The third kappa shape index (κ3) is 2.52. The number of hydrogen-bond acceptors (Lipinski definition) is 5. The van der Waals surface area contributed by atoms with Gasteiger partial charge in [0.05, 0.1) is 0 Å². The summed E-state index contributed by atoms with van der Waals surface area (Å²) in [6.07, 6.45) is 0. The van der Waals surface area contributed by atoms with Crippen LogP contribution in [-0.2, 0) is 0 Å². The van der Waals surface area contributed by atoms with E-state index in [0.717, 1.165) is 28.0 Å². The monoisotopic (exact) mass is 321 g/mol. The smallest absolute Gasteiger partial charge is 0.293 e. The summed E-state index contributed by atoms with van der Waals surface area (Å²) in [5.74, 6) is 0.548. The van der Waals surface area contributed by atoms with Crippen LogP contribution in [0.4, 0.5) is 5.13 Å². The molecular weight excluding hydrogens is 310 g/mol. The Morgan fingerprint density at radius 1 is 1.33 bits per heavy atom. The molecule has 0 aliphatic carbocycles. The zero-order chi connectivity index (χ0) is 15.1. The average molecular weight is 322 g/mol. The standard InChI is InChI=1S/C14H12ClN3O2S/c1-6-4-11-9(5-10(6)15)7(2)12(20-11)13(19)17-14-16-8(3)18-21-14/h4-5H,1-3H3,(H,16,17,18,19). The predicted molar refractivity (Wildman–Crippen MR) is 83.3 cm³/mol. The summed E-state index contributed by atoms with van der Waals surface area (Å²) in [6, 6.07) is 3.65. The van der Waals surface area contributed by atoms with Crippen LogP contribution in [0.25, 0.3) is 11.0 Å². The second-order valence-corrected chi connectivity index (χ2v) is 5.91. The summed E-state index contributed by atoms with van der Waals surface area (Å²) in [6.45, 7) is 5.49. The molecule has 0 saturated carbocycles. The zero-order valence-electron chi connectivity index (χ0n) is 11.7. The lowest BCUT2D eigenvalue weighted by molar-refractivity contribution is 0.0998. The minimum absolute atomic E-state index is 0.263. The summed E-state index contributed by atoms with van der Waals surface area (Å²) in [5.41, 5.74) is 2.31. The van der Waals surface area contributed by atoms with Crippen LogP contribution >= 0.6 is 23.1 Å². The van der Waals surface area contributed by atoms with Crippen LogP contribution in [-0.4, -0.2) is 15.3 Å². The van der Waals surface area contributed by atoms with Crippen molar-refractivity contribution in [3.8, 4) is 0 Å². The van der Waals surface area contributed by atoms with Crippen molar-refractivity contribution in [2.24, 2.45) is 0 Å². The number of hydrogen-bond donors (Lipinski definition) is 1. The second kappa shape index (κ2) is 5.13. The number of fused-ring (bicyclic) bond motifs is 1. The van der Waals surface area contributed by atoms with E-state index in [4.69, 9.17) is 16.0 Å². The third-order valence-corrected chi connectivity index (χ3v) is 4.30. The van der Waals surface area contributed by atoms with Crippen molar-refractivity contribution in [1.82, 2.24) is 9.36 Å². The third-order valence-electron chi connectivity index (χ3n) is 3.17. The fraction of sp³-hybridized carbons (Fsp3) is 0.214. The maximum Gasteiger partial charge on any atom is 0.293 e. The van der Waals surface area contributed by atoms with Gasteiger partial charge in [0, 0.05) is 27.5 Å². The molecule has 0 atom stereocenters. The minimum atomic E-state index is -0.339. The number of rotatable bonds is 2. The number of benzene rings is 1. The molecule has 108 valence electrons. The molecule has 0 spiro atoms. The Morgan fingerprint density at radius 3 is 2.76 bits per heavy atom. The maximum absolute atomic E-state index is 12.3. The van der Waals surface area contributed by atoms with Crippen molar-refractivity contribution in [3.63, 3.8) is 0 Å². The molecule has 3 rings (SSSR count). The van der Waals surface area contributed by atoms with E-state index in [9.17, 15) is 4.79 Å². The van der Waals surface area contributed by atoms with E-state index in [0.29, 0.717) is 21.6 Å². The fourth-order valence-corrected chi connectivity index (χ4v) is 2.79. The first-order valence-electron chi connectivity index (χ1n) is 6.26. The molecule has 0 radical (unpaired) electrons. The van der Waals surface area contributed by atoms with E-state index in [1.807, 2.05) is 26.0 Å². The minimum Gasteiger partial charge on any atom is -0.451 e. The molecule has 0 saturated heterocycles. The maximum atomic E-state index is 12.3. The first-order chi connectivity index (χ1) is 9.95. The van der Waals surface area contributed by atoms with Crippen molar-refractivity contribution in [2.45, 2.75) is 20.8 Å². The molecule has 0 unspecified atom stereocenters. The number of aromatic nitrogens is 2. The van der Waals surface area contributed by atoms with E-state index < -0.39 is 0 Å². The SMILES string of the molecule is Cc1nsc(NC(=O)c2oc3cc(C)c(Cl)cc3c2C)n1. The van der Waals surface area contributed by atoms with Gasteiger partial charge in [-0.3, -0.25) is 10.1 Å². The number of aryl methyl sites for hydroxylation is 3. The van der Waals surface area contributed by atoms with Gasteiger partial charge in [-0.1, -0.05) is 11.6 Å². The van der Waals surface area contributed by atoms with Gasteiger partial charge >= 0.3 is 0 Å². The van der Waals surface area contributed by atoms with Crippen LogP contribution in [0.3, 0.4) is 0 Å². The highest BCUT2D eigenvalue weighted by Gasteiger charge is 2.19. The van der Waals surface area contributed by atoms with Crippen LogP contribution in [0.5, 0.6) is 0 Å². The molecule has 1 amide bonds. The van der Waals surface area contributed by atoms with Crippen LogP contribution in [0.15, 0.2) is 16.5 Å². The lowest BCUT2D eigenvalue weighted by Crippen LogP contribution is -2.11. The molecule has 1 N–H and O–H groups in total. The van der Waals surface area contributed by atoms with Gasteiger partial charge in [0.15, 0.2) is 5.76 Å². The van der Waals surface area contributed by atoms with Crippen LogP contribution in [0.2, 0.25) is 5.02 Å². The Kier molecular flexibility index (Phi) is 3.43. The molecule has 1 aromatic carbocycles. The summed E-state index contributed by atoms with van der Waals surface area (Å²) in [4.78, 5) is 16.4. The van der Waals surface area contributed by atoms with Crippen molar-refractivity contribution in [3.05, 3.63) is 39.9 Å². The van der Waals surface area contributed by atoms with Gasteiger partial charge in [-0.25, -0.2) is 4.98 Å². The lowest BCUT2D eigenvalue weighted by atomic mass is 10.1. The quantitative estimate of drug-likeness (QED) is 0.771. The molecule has 3 aromatic rings. The van der Waals surface area contributed by atoms with Gasteiger partial charge in [-0.2, -0.15) is 4.37 Å². The van der Waals surface area contributed by atoms with Gasteiger partial charge in [-0.05, 0) is 38.5 Å². The largest absolute Gasteiger partial charge is 0.451 e. The first kappa shape index (κ1) is 14.0. The highest BCUT2D eigenvalue weighted by atomic mass is 35.5. The Labute approximate surface area is 130 Å². The molecule has 7 heteroatoms. The van der Waals surface area contributed by atoms with Gasteiger partial charge in [0.1, 0.15) is 11.4 Å². The highest BCUT2D eigenvalue weighted by molar-refractivity contribution is 7.09. The molecule has 2 aromatic heterocycles. The van der Waals surface area contributed by atoms with E-state index in [1.54, 1.807) is 6.92 Å². The molecule has 2 heterocycles. The normalized spacial score (nSPS) is 11.0. The van der Waals surface area contributed by atoms with Gasteiger partial charge in [0.25, 0.3) is 5.91 Å². The second-order valence-electron chi connectivity index (χ2n) is 4.75. The molecule has 0 aliphatic heterocycles. The van der Waals surface area contributed by atoms with E-state index in [-0.39, 0.29) is 11.7 Å².